The molecular formula is C12H9BrClF2N5O3S. The molecule has 0 bridgehead atoms. The van der Waals surface area contributed by atoms with Crippen molar-refractivity contribution in [3.05, 3.63) is 38.8 Å². The van der Waals surface area contributed by atoms with Gasteiger partial charge >= 0.3 is 5.76 Å². The van der Waals surface area contributed by atoms with Gasteiger partial charge in [-0.05, 0) is 32.3 Å². The molecule has 0 unspecified atom stereocenters. The number of halogens is 4. The van der Waals surface area contributed by atoms with Gasteiger partial charge in [0, 0.05) is 18.4 Å². The summed E-state index contributed by atoms with van der Waals surface area (Å²) in [6.45, 7) is 0.388. The molecular weight excluding hydrogens is 448 g/mol. The van der Waals surface area contributed by atoms with Crippen LogP contribution in [-0.4, -0.2) is 32.3 Å². The molecule has 134 valence electrons. The van der Waals surface area contributed by atoms with E-state index in [1.54, 1.807) is 0 Å². The highest BCUT2D eigenvalue weighted by atomic mass is 79.9. The topological polar surface area (TPSA) is 113 Å². The van der Waals surface area contributed by atoms with Crippen LogP contribution in [0.15, 0.2) is 35.6 Å². The highest BCUT2D eigenvalue weighted by Gasteiger charge is 2.24. The minimum atomic E-state index is -1.14. The monoisotopic (exact) mass is 455 g/mol. The van der Waals surface area contributed by atoms with Crippen LogP contribution < -0.4 is 11.5 Å². The lowest BCUT2D eigenvalue weighted by Crippen LogP contribution is -2.14. The normalized spacial score (nSPS) is 10.7. The second-order valence-electron chi connectivity index (χ2n) is 4.39. The average Bonchev–Trinajstić information content (AvgIpc) is 3.16. The fourth-order valence-corrected chi connectivity index (χ4v) is 2.95. The smallest absolute Gasteiger partial charge is 0.330 e. The fourth-order valence-electron chi connectivity index (χ4n) is 1.87. The van der Waals surface area contributed by atoms with Gasteiger partial charge in [0.15, 0.2) is 22.4 Å². The molecule has 3 rings (SSSR count). The Hall–Kier alpha value is -1.76. The highest BCUT2D eigenvalue weighted by molar-refractivity contribution is 9.10. The fraction of sp³-hybridized carbons (Fsp3) is 0.167. The third-order valence-electron chi connectivity index (χ3n) is 2.86. The van der Waals surface area contributed by atoms with E-state index in [0.29, 0.717) is 17.3 Å². The summed E-state index contributed by atoms with van der Waals surface area (Å²) < 4.78 is 37.1. The molecule has 0 aliphatic carbocycles. The Balaban J connectivity index is 0.00000225. The third kappa shape index (κ3) is 3.76. The Morgan fingerprint density at radius 2 is 2.04 bits per heavy atom. The molecule has 2 N–H and O–H groups in total. The van der Waals surface area contributed by atoms with Crippen molar-refractivity contribution in [1.82, 2.24) is 20.0 Å². The van der Waals surface area contributed by atoms with Crippen molar-refractivity contribution in [2.45, 2.75) is 5.03 Å². The molecule has 0 spiro atoms. The van der Waals surface area contributed by atoms with Crippen molar-refractivity contribution >= 4 is 40.1 Å². The van der Waals surface area contributed by atoms with E-state index in [4.69, 9.17) is 5.73 Å². The van der Waals surface area contributed by atoms with Crippen LogP contribution in [0.3, 0.4) is 0 Å². The molecule has 0 aliphatic rings. The van der Waals surface area contributed by atoms with Crippen LogP contribution in [0.4, 0.5) is 8.78 Å². The molecule has 1 aromatic carbocycles. The summed E-state index contributed by atoms with van der Waals surface area (Å²) in [5.41, 5.74) is 5.56. The van der Waals surface area contributed by atoms with E-state index < -0.39 is 17.4 Å². The zero-order chi connectivity index (χ0) is 17.3. The molecule has 0 fully saturated rings. The quantitative estimate of drug-likeness (QED) is 0.460. The standard InChI is InChI=1S/C12H8BrF2N5O3S.ClH/c13-6-3-5(4-7(14)8(6)15)20-10(18-22-12(20)21)9-11(19-23-17-9)24-2-1-16;/h3-4H,1-2,16H2;1H. The van der Waals surface area contributed by atoms with Gasteiger partial charge in [0.2, 0.25) is 5.82 Å². The minimum absolute atomic E-state index is 0. The molecule has 0 amide bonds. The van der Waals surface area contributed by atoms with Gasteiger partial charge in [0.1, 0.15) is 0 Å². The minimum Gasteiger partial charge on any atom is -0.330 e. The van der Waals surface area contributed by atoms with Gasteiger partial charge < -0.3 is 5.73 Å². The summed E-state index contributed by atoms with van der Waals surface area (Å²) in [6.07, 6.45) is 0. The van der Waals surface area contributed by atoms with Crippen molar-refractivity contribution in [2.24, 2.45) is 5.73 Å². The maximum Gasteiger partial charge on any atom is 0.446 e. The van der Waals surface area contributed by atoms with Crippen LogP contribution in [0.25, 0.3) is 17.2 Å². The summed E-state index contributed by atoms with van der Waals surface area (Å²) in [5.74, 6) is -2.65. The van der Waals surface area contributed by atoms with E-state index in [0.717, 1.165) is 10.6 Å². The Labute approximate surface area is 157 Å². The Morgan fingerprint density at radius 1 is 1.28 bits per heavy atom. The molecule has 25 heavy (non-hydrogen) atoms. The predicted octanol–water partition coefficient (Wildman–Crippen LogP) is 2.39. The first kappa shape index (κ1) is 19.6. The van der Waals surface area contributed by atoms with E-state index >= 15 is 0 Å². The van der Waals surface area contributed by atoms with Gasteiger partial charge in [-0.3, -0.25) is 4.52 Å². The first-order valence-electron chi connectivity index (χ1n) is 6.42. The van der Waals surface area contributed by atoms with Crippen molar-refractivity contribution in [3.63, 3.8) is 0 Å². The molecule has 2 heterocycles. The van der Waals surface area contributed by atoms with Gasteiger partial charge in [-0.15, -0.1) is 12.4 Å². The van der Waals surface area contributed by atoms with Crippen LogP contribution in [-0.2, 0) is 0 Å². The number of hydrogen-bond donors (Lipinski definition) is 1. The maximum atomic E-state index is 13.6. The third-order valence-corrected chi connectivity index (χ3v) is 4.42. The van der Waals surface area contributed by atoms with Gasteiger partial charge in [-0.2, -0.15) is 0 Å². The lowest BCUT2D eigenvalue weighted by molar-refractivity contribution is 0.299. The first-order valence-corrected chi connectivity index (χ1v) is 8.20. The summed E-state index contributed by atoms with van der Waals surface area (Å²) in [4.78, 5) is 12.0. The number of benzene rings is 1. The summed E-state index contributed by atoms with van der Waals surface area (Å²) in [6, 6.07) is 2.04. The number of rotatable bonds is 5. The van der Waals surface area contributed by atoms with Crippen LogP contribution in [0.1, 0.15) is 0 Å². The summed E-state index contributed by atoms with van der Waals surface area (Å²) in [7, 11) is 0. The van der Waals surface area contributed by atoms with Crippen molar-refractivity contribution in [2.75, 3.05) is 12.3 Å². The van der Waals surface area contributed by atoms with Crippen molar-refractivity contribution in [1.29, 1.82) is 0 Å². The number of hydrogen-bond acceptors (Lipinski definition) is 8. The number of aromatic nitrogens is 4. The van der Waals surface area contributed by atoms with E-state index in [2.05, 4.69) is 40.6 Å². The second-order valence-corrected chi connectivity index (χ2v) is 6.32. The molecule has 0 saturated heterocycles. The Bertz CT molecular complexity index is 924. The van der Waals surface area contributed by atoms with E-state index in [1.807, 2.05) is 0 Å². The van der Waals surface area contributed by atoms with Crippen molar-refractivity contribution in [3.8, 4) is 17.2 Å². The summed E-state index contributed by atoms with van der Waals surface area (Å²) in [5, 5.41) is 11.4. The molecule has 8 nitrogen and oxygen atoms in total. The van der Waals surface area contributed by atoms with E-state index in [9.17, 15) is 13.6 Å². The van der Waals surface area contributed by atoms with E-state index in [1.165, 1.54) is 17.8 Å². The molecule has 13 heteroatoms. The molecule has 3 aromatic rings. The molecule has 0 aliphatic heterocycles. The van der Waals surface area contributed by atoms with E-state index in [-0.39, 0.29) is 34.1 Å². The van der Waals surface area contributed by atoms with Crippen LogP contribution in [0, 0.1) is 11.6 Å². The van der Waals surface area contributed by atoms with Crippen LogP contribution >= 0.6 is 40.1 Å². The second kappa shape index (κ2) is 8.08. The van der Waals surface area contributed by atoms with Crippen molar-refractivity contribution < 1.29 is 17.9 Å². The lowest BCUT2D eigenvalue weighted by Gasteiger charge is -2.05. The molecule has 0 radical (unpaired) electrons. The maximum absolute atomic E-state index is 13.6. The number of nitrogens with zero attached hydrogens (tertiary/aromatic N) is 4. The van der Waals surface area contributed by atoms with Gasteiger partial charge in [-0.25, -0.2) is 22.8 Å². The van der Waals surface area contributed by atoms with Gasteiger partial charge in [0.05, 0.1) is 10.2 Å². The lowest BCUT2D eigenvalue weighted by atomic mass is 10.3. The van der Waals surface area contributed by atoms with Gasteiger partial charge in [-0.1, -0.05) is 16.9 Å². The van der Waals surface area contributed by atoms with Gasteiger partial charge in [0.25, 0.3) is 0 Å². The largest absolute Gasteiger partial charge is 0.446 e. The average molecular weight is 457 g/mol. The molecule has 0 saturated carbocycles. The predicted molar refractivity (Wildman–Crippen MR) is 90.0 cm³/mol. The number of thioether (sulfide) groups is 1. The zero-order valence-electron chi connectivity index (χ0n) is 12.1. The molecule has 2 aromatic heterocycles. The Kier molecular flexibility index (Phi) is 6.32. The van der Waals surface area contributed by atoms with Crippen LogP contribution in [0.2, 0.25) is 0 Å². The van der Waals surface area contributed by atoms with Crippen LogP contribution in [0.5, 0.6) is 0 Å². The first-order chi connectivity index (χ1) is 11.5. The Morgan fingerprint density at radius 3 is 2.72 bits per heavy atom. The molecule has 0 atom stereocenters. The number of nitrogens with two attached hydrogens (primary N) is 1. The highest BCUT2D eigenvalue weighted by Crippen LogP contribution is 2.29. The SMILES string of the molecule is Cl.NCCSc1nonc1-c1noc(=O)n1-c1cc(F)c(F)c(Br)c1. The zero-order valence-corrected chi connectivity index (χ0v) is 15.3. The summed E-state index contributed by atoms with van der Waals surface area (Å²) >= 11 is 4.12.